The monoisotopic (exact) mass is 312 g/mol. The molecule has 1 aliphatic carbocycles. The van der Waals surface area contributed by atoms with Crippen molar-refractivity contribution in [3.63, 3.8) is 0 Å². The van der Waals surface area contributed by atoms with Crippen molar-refractivity contribution in [1.29, 1.82) is 0 Å². The van der Waals surface area contributed by atoms with Gasteiger partial charge in [-0.3, -0.25) is 4.90 Å². The molecule has 0 N–H and O–H groups in total. The minimum Gasteiger partial charge on any atom is -0.444 e. The molecule has 1 saturated heterocycles. The topological polar surface area (TPSA) is 32.8 Å². The second-order valence-corrected chi connectivity index (χ2v) is 7.54. The maximum Gasteiger partial charge on any atom is 0.410 e. The number of thiol groups is 1. The summed E-state index contributed by atoms with van der Waals surface area (Å²) < 4.78 is 5.43. The molecule has 0 aromatic carbocycles. The minimum absolute atomic E-state index is 0.186. The van der Waals surface area contributed by atoms with E-state index in [4.69, 9.17) is 4.74 Å². The molecule has 2 rings (SSSR count). The molecule has 1 aliphatic heterocycles. The molecular weight excluding hydrogens is 284 g/mol. The van der Waals surface area contributed by atoms with Gasteiger partial charge in [-0.15, -0.1) is 12.6 Å². The zero-order chi connectivity index (χ0) is 15.5. The molecule has 0 unspecified atom stereocenters. The van der Waals surface area contributed by atoms with Crippen LogP contribution in [0.3, 0.4) is 0 Å². The summed E-state index contributed by atoms with van der Waals surface area (Å²) in [7, 11) is 0. The maximum atomic E-state index is 12.0. The van der Waals surface area contributed by atoms with Gasteiger partial charge >= 0.3 is 6.09 Å². The third kappa shape index (κ3) is 5.22. The smallest absolute Gasteiger partial charge is 0.410 e. The predicted molar refractivity (Wildman–Crippen MR) is 88.7 cm³/mol. The summed E-state index contributed by atoms with van der Waals surface area (Å²) in [6, 6.07) is 0. The highest BCUT2D eigenvalue weighted by Crippen LogP contribution is 2.27. The Morgan fingerprint density at radius 2 is 1.76 bits per heavy atom. The number of rotatable bonds is 2. The van der Waals surface area contributed by atoms with Crippen molar-refractivity contribution in [2.75, 3.05) is 32.7 Å². The number of hydrogen-bond acceptors (Lipinski definition) is 4. The van der Waals surface area contributed by atoms with Crippen molar-refractivity contribution < 1.29 is 9.53 Å². The van der Waals surface area contributed by atoms with Gasteiger partial charge in [0.2, 0.25) is 0 Å². The quantitative estimate of drug-likeness (QED) is 0.794. The van der Waals surface area contributed by atoms with Gasteiger partial charge in [0.15, 0.2) is 0 Å². The molecule has 4 nitrogen and oxygen atoms in total. The largest absolute Gasteiger partial charge is 0.444 e. The first-order chi connectivity index (χ1) is 9.85. The first-order valence-corrected chi connectivity index (χ1v) is 8.40. The molecule has 2 aliphatic rings. The molecule has 0 bridgehead atoms. The molecule has 5 heteroatoms. The molecule has 0 saturated carbocycles. The van der Waals surface area contributed by atoms with Crippen molar-refractivity contribution >= 4 is 18.7 Å². The van der Waals surface area contributed by atoms with E-state index in [1.165, 1.54) is 29.7 Å². The number of hydrogen-bond donors (Lipinski definition) is 1. The van der Waals surface area contributed by atoms with E-state index in [9.17, 15) is 4.79 Å². The normalized spacial score (nSPS) is 21.6. The van der Waals surface area contributed by atoms with E-state index in [1.807, 2.05) is 25.7 Å². The Kier molecular flexibility index (Phi) is 5.60. The SMILES string of the molecule is CC(C)(C)OC(=O)N1CCN(CC2=C(S)CCCC2)CC1. The molecule has 0 radical (unpaired) electrons. The van der Waals surface area contributed by atoms with E-state index in [0.29, 0.717) is 0 Å². The van der Waals surface area contributed by atoms with Gasteiger partial charge in [0.05, 0.1) is 0 Å². The van der Waals surface area contributed by atoms with Gasteiger partial charge in [-0.2, -0.15) is 0 Å². The number of piperazine rings is 1. The predicted octanol–water partition coefficient (Wildman–Crippen LogP) is 3.30. The number of carbonyl (C=O) groups excluding carboxylic acids is 1. The van der Waals surface area contributed by atoms with Crippen LogP contribution >= 0.6 is 12.6 Å². The molecule has 1 amide bonds. The number of carbonyl (C=O) groups is 1. The summed E-state index contributed by atoms with van der Waals surface area (Å²) in [6.07, 6.45) is 4.70. The molecule has 21 heavy (non-hydrogen) atoms. The molecule has 1 fully saturated rings. The van der Waals surface area contributed by atoms with E-state index in [-0.39, 0.29) is 6.09 Å². The lowest BCUT2D eigenvalue weighted by Gasteiger charge is -2.36. The Hall–Kier alpha value is -0.680. The number of ether oxygens (including phenoxy) is 1. The third-order valence-electron chi connectivity index (χ3n) is 3.99. The summed E-state index contributed by atoms with van der Waals surface area (Å²) in [5.41, 5.74) is 1.08. The Morgan fingerprint density at radius 1 is 1.14 bits per heavy atom. The van der Waals surface area contributed by atoms with Crippen molar-refractivity contribution in [1.82, 2.24) is 9.80 Å². The molecule has 0 aromatic heterocycles. The van der Waals surface area contributed by atoms with Gasteiger partial charge in [0, 0.05) is 32.7 Å². The lowest BCUT2D eigenvalue weighted by atomic mass is 9.98. The van der Waals surface area contributed by atoms with Crippen LogP contribution in [0, 0.1) is 0 Å². The molecule has 0 spiro atoms. The maximum absolute atomic E-state index is 12.0. The average molecular weight is 312 g/mol. The van der Waals surface area contributed by atoms with E-state index in [1.54, 1.807) is 0 Å². The van der Waals surface area contributed by atoms with Crippen LogP contribution in [0.1, 0.15) is 46.5 Å². The van der Waals surface area contributed by atoms with Gasteiger partial charge in [0.1, 0.15) is 5.60 Å². The van der Waals surface area contributed by atoms with Crippen LogP contribution in [0.15, 0.2) is 10.5 Å². The number of allylic oxidation sites excluding steroid dienone is 1. The van der Waals surface area contributed by atoms with E-state index >= 15 is 0 Å². The van der Waals surface area contributed by atoms with Crippen LogP contribution in [0.5, 0.6) is 0 Å². The van der Waals surface area contributed by atoms with Gasteiger partial charge in [0.25, 0.3) is 0 Å². The first-order valence-electron chi connectivity index (χ1n) is 7.95. The Bertz CT molecular complexity index is 407. The van der Waals surface area contributed by atoms with Gasteiger partial charge in [-0.1, -0.05) is 0 Å². The third-order valence-corrected chi connectivity index (χ3v) is 4.53. The zero-order valence-electron chi connectivity index (χ0n) is 13.5. The van der Waals surface area contributed by atoms with Crippen LogP contribution in [0.4, 0.5) is 4.79 Å². The van der Waals surface area contributed by atoms with Crippen LogP contribution in [-0.4, -0.2) is 54.2 Å². The molecule has 0 atom stereocenters. The fourth-order valence-corrected chi connectivity index (χ4v) is 3.15. The lowest BCUT2D eigenvalue weighted by Crippen LogP contribution is -2.50. The Balaban J connectivity index is 1.79. The summed E-state index contributed by atoms with van der Waals surface area (Å²) >= 11 is 4.62. The first kappa shape index (κ1) is 16.7. The van der Waals surface area contributed by atoms with Crippen molar-refractivity contribution in [2.24, 2.45) is 0 Å². The van der Waals surface area contributed by atoms with Crippen molar-refractivity contribution in [3.05, 3.63) is 10.5 Å². The standard InChI is InChI=1S/C16H28N2O2S/c1-16(2,3)20-15(19)18-10-8-17(9-11-18)12-13-6-4-5-7-14(13)21/h21H,4-12H2,1-3H3. The van der Waals surface area contributed by atoms with Gasteiger partial charge in [-0.05, 0) is 56.9 Å². The molecule has 1 heterocycles. The summed E-state index contributed by atoms with van der Waals surface area (Å²) in [4.78, 5) is 17.6. The molecule has 120 valence electrons. The van der Waals surface area contributed by atoms with Crippen molar-refractivity contribution in [3.8, 4) is 0 Å². The van der Waals surface area contributed by atoms with Gasteiger partial charge < -0.3 is 9.64 Å². The minimum atomic E-state index is -0.415. The summed E-state index contributed by atoms with van der Waals surface area (Å²) in [5, 5.41) is 0. The van der Waals surface area contributed by atoms with Crippen molar-refractivity contribution in [2.45, 2.75) is 52.1 Å². The number of nitrogens with zero attached hydrogens (tertiary/aromatic N) is 2. The fraction of sp³-hybridized carbons (Fsp3) is 0.812. The highest BCUT2D eigenvalue weighted by Gasteiger charge is 2.26. The van der Waals surface area contributed by atoms with E-state index in [2.05, 4.69) is 17.5 Å². The van der Waals surface area contributed by atoms with Crippen LogP contribution < -0.4 is 0 Å². The molecular formula is C16H28N2O2S. The second-order valence-electron chi connectivity index (χ2n) is 7.00. The highest BCUT2D eigenvalue weighted by atomic mass is 32.1. The zero-order valence-corrected chi connectivity index (χ0v) is 14.4. The highest BCUT2D eigenvalue weighted by molar-refractivity contribution is 7.84. The Morgan fingerprint density at radius 3 is 2.33 bits per heavy atom. The van der Waals surface area contributed by atoms with Crippen LogP contribution in [0.25, 0.3) is 0 Å². The van der Waals surface area contributed by atoms with Gasteiger partial charge in [-0.25, -0.2) is 4.79 Å². The van der Waals surface area contributed by atoms with Crippen LogP contribution in [0.2, 0.25) is 0 Å². The van der Waals surface area contributed by atoms with E-state index in [0.717, 1.165) is 39.1 Å². The Labute approximate surface area is 133 Å². The van der Waals surface area contributed by atoms with Crippen LogP contribution in [-0.2, 0) is 4.74 Å². The lowest BCUT2D eigenvalue weighted by molar-refractivity contribution is 0.0151. The molecule has 0 aromatic rings. The second kappa shape index (κ2) is 7.05. The summed E-state index contributed by atoms with van der Waals surface area (Å²) in [5.74, 6) is 0. The number of amides is 1. The average Bonchev–Trinajstić information content (AvgIpc) is 2.40. The van der Waals surface area contributed by atoms with E-state index < -0.39 is 5.60 Å². The fourth-order valence-electron chi connectivity index (χ4n) is 2.81. The summed E-state index contributed by atoms with van der Waals surface area (Å²) in [6.45, 7) is 10.1.